The summed E-state index contributed by atoms with van der Waals surface area (Å²) < 4.78 is 5.50. The number of nitrogens with one attached hydrogen (secondary N) is 3. The molecule has 1 aliphatic heterocycles. The summed E-state index contributed by atoms with van der Waals surface area (Å²) in [4.78, 5) is 28.1. The van der Waals surface area contributed by atoms with E-state index in [1.165, 1.54) is 0 Å². The van der Waals surface area contributed by atoms with Crippen molar-refractivity contribution in [2.45, 2.75) is 39.2 Å². The van der Waals surface area contributed by atoms with Crippen LogP contribution < -0.4 is 10.6 Å². The standard InChI is InChI=1S/C20H27N3O3/c1-20(2,19(25)23-13-15-6-5-11-26-15)18(24)21-10-9-14-12-22-17-8-4-3-7-16(14)17/h3-4,7-8,12,15,22H,5-6,9-11,13H2,1-2H3,(H,21,24)(H,23,25). The molecule has 1 aromatic carbocycles. The summed E-state index contributed by atoms with van der Waals surface area (Å²) >= 11 is 0. The Morgan fingerprint density at radius 1 is 1.23 bits per heavy atom. The van der Waals surface area contributed by atoms with Gasteiger partial charge in [-0.05, 0) is 44.7 Å². The number of hydrogen-bond donors (Lipinski definition) is 3. The van der Waals surface area contributed by atoms with Gasteiger partial charge in [0.05, 0.1) is 6.10 Å². The molecule has 140 valence electrons. The molecule has 6 heteroatoms. The zero-order valence-corrected chi connectivity index (χ0v) is 15.4. The molecular weight excluding hydrogens is 330 g/mol. The number of benzene rings is 1. The second kappa shape index (κ2) is 7.91. The van der Waals surface area contributed by atoms with Gasteiger partial charge in [-0.2, -0.15) is 0 Å². The lowest BCUT2D eigenvalue weighted by atomic mass is 9.91. The first-order valence-corrected chi connectivity index (χ1v) is 9.21. The zero-order valence-electron chi connectivity index (χ0n) is 15.4. The Labute approximate surface area is 153 Å². The highest BCUT2D eigenvalue weighted by atomic mass is 16.5. The van der Waals surface area contributed by atoms with Crippen molar-refractivity contribution in [1.82, 2.24) is 15.6 Å². The van der Waals surface area contributed by atoms with E-state index < -0.39 is 5.41 Å². The summed E-state index contributed by atoms with van der Waals surface area (Å²) in [5.41, 5.74) is 1.13. The molecule has 2 amide bonds. The molecule has 26 heavy (non-hydrogen) atoms. The Bertz CT molecular complexity index is 775. The average Bonchev–Trinajstić information content (AvgIpc) is 3.29. The number of fused-ring (bicyclic) bond motifs is 1. The second-order valence-corrected chi connectivity index (χ2v) is 7.34. The molecule has 3 N–H and O–H groups in total. The number of aromatic amines is 1. The summed E-state index contributed by atoms with van der Waals surface area (Å²) in [7, 11) is 0. The molecule has 1 fully saturated rings. The van der Waals surface area contributed by atoms with Crippen molar-refractivity contribution in [2.24, 2.45) is 5.41 Å². The summed E-state index contributed by atoms with van der Waals surface area (Å²) in [5.74, 6) is -0.528. The van der Waals surface area contributed by atoms with E-state index in [0.717, 1.165) is 35.9 Å². The van der Waals surface area contributed by atoms with E-state index in [2.05, 4.69) is 21.7 Å². The van der Waals surface area contributed by atoms with Crippen molar-refractivity contribution >= 4 is 22.7 Å². The van der Waals surface area contributed by atoms with E-state index in [4.69, 9.17) is 4.74 Å². The summed E-state index contributed by atoms with van der Waals surface area (Å²) in [6.45, 7) is 5.00. The van der Waals surface area contributed by atoms with E-state index >= 15 is 0 Å². The minimum Gasteiger partial charge on any atom is -0.376 e. The SMILES string of the molecule is CC(C)(C(=O)NCCc1c[nH]c2ccccc12)C(=O)NCC1CCCO1. The molecule has 1 atom stereocenters. The predicted octanol–water partition coefficient (Wildman–Crippen LogP) is 2.15. The third-order valence-corrected chi connectivity index (χ3v) is 5.00. The van der Waals surface area contributed by atoms with Gasteiger partial charge in [0.25, 0.3) is 0 Å². The molecule has 0 radical (unpaired) electrons. The van der Waals surface area contributed by atoms with Gasteiger partial charge in [0, 0.05) is 36.8 Å². The van der Waals surface area contributed by atoms with Crippen molar-refractivity contribution < 1.29 is 14.3 Å². The van der Waals surface area contributed by atoms with Gasteiger partial charge in [0.2, 0.25) is 11.8 Å². The number of amides is 2. The second-order valence-electron chi connectivity index (χ2n) is 7.34. The third kappa shape index (κ3) is 4.07. The maximum Gasteiger partial charge on any atom is 0.235 e. The van der Waals surface area contributed by atoms with Crippen LogP contribution in [0.3, 0.4) is 0 Å². The van der Waals surface area contributed by atoms with E-state index in [0.29, 0.717) is 19.5 Å². The van der Waals surface area contributed by atoms with Crippen molar-refractivity contribution in [2.75, 3.05) is 19.7 Å². The Morgan fingerprint density at radius 2 is 2.00 bits per heavy atom. The zero-order chi connectivity index (χ0) is 18.6. The maximum atomic E-state index is 12.5. The van der Waals surface area contributed by atoms with Crippen molar-refractivity contribution in [3.8, 4) is 0 Å². The highest BCUT2D eigenvalue weighted by Crippen LogP contribution is 2.19. The van der Waals surface area contributed by atoms with Gasteiger partial charge in [0.15, 0.2) is 0 Å². The Kier molecular flexibility index (Phi) is 5.61. The molecule has 2 heterocycles. The van der Waals surface area contributed by atoms with Crippen molar-refractivity contribution in [3.63, 3.8) is 0 Å². The van der Waals surface area contributed by atoms with E-state index in [1.807, 2.05) is 24.4 Å². The summed E-state index contributed by atoms with van der Waals surface area (Å²) in [6.07, 6.45) is 4.73. The minimum absolute atomic E-state index is 0.0692. The number of hydrogen-bond acceptors (Lipinski definition) is 3. The van der Waals surface area contributed by atoms with Gasteiger partial charge in [-0.1, -0.05) is 18.2 Å². The molecule has 3 rings (SSSR count). The van der Waals surface area contributed by atoms with Crippen LogP contribution in [0.5, 0.6) is 0 Å². The van der Waals surface area contributed by atoms with Crippen molar-refractivity contribution in [3.05, 3.63) is 36.0 Å². The number of para-hydroxylation sites is 1. The van der Waals surface area contributed by atoms with E-state index in [1.54, 1.807) is 13.8 Å². The van der Waals surface area contributed by atoms with Gasteiger partial charge in [-0.25, -0.2) is 0 Å². The Hall–Kier alpha value is -2.34. The van der Waals surface area contributed by atoms with Crippen LogP contribution in [-0.2, 0) is 20.7 Å². The number of rotatable bonds is 7. The Morgan fingerprint density at radius 3 is 2.77 bits per heavy atom. The molecule has 1 aromatic heterocycles. The highest BCUT2D eigenvalue weighted by Gasteiger charge is 2.36. The lowest BCUT2D eigenvalue weighted by Crippen LogP contribution is -2.49. The molecule has 1 unspecified atom stereocenters. The lowest BCUT2D eigenvalue weighted by Gasteiger charge is -2.23. The fourth-order valence-corrected chi connectivity index (χ4v) is 3.21. The van der Waals surface area contributed by atoms with Gasteiger partial charge in [-0.15, -0.1) is 0 Å². The highest BCUT2D eigenvalue weighted by molar-refractivity contribution is 6.04. The fraction of sp³-hybridized carbons (Fsp3) is 0.500. The van der Waals surface area contributed by atoms with Crippen LogP contribution in [0, 0.1) is 5.41 Å². The molecule has 0 spiro atoms. The average molecular weight is 357 g/mol. The number of carbonyl (C=O) groups is 2. The topological polar surface area (TPSA) is 83.2 Å². The van der Waals surface area contributed by atoms with Crippen LogP contribution in [-0.4, -0.2) is 42.6 Å². The Balaban J connectivity index is 1.48. The molecular formula is C20H27N3O3. The smallest absolute Gasteiger partial charge is 0.235 e. The first-order valence-electron chi connectivity index (χ1n) is 9.21. The molecule has 0 saturated carbocycles. The lowest BCUT2D eigenvalue weighted by molar-refractivity contribution is -0.141. The van der Waals surface area contributed by atoms with Crippen LogP contribution in [0.2, 0.25) is 0 Å². The van der Waals surface area contributed by atoms with Gasteiger partial charge in [0.1, 0.15) is 5.41 Å². The predicted molar refractivity (Wildman–Crippen MR) is 101 cm³/mol. The van der Waals surface area contributed by atoms with Crippen LogP contribution in [0.4, 0.5) is 0 Å². The maximum absolute atomic E-state index is 12.5. The quantitative estimate of drug-likeness (QED) is 0.664. The molecule has 1 saturated heterocycles. The van der Waals surface area contributed by atoms with Crippen LogP contribution in [0.25, 0.3) is 10.9 Å². The molecule has 0 aliphatic carbocycles. The number of carbonyl (C=O) groups excluding carboxylic acids is 2. The molecule has 1 aliphatic rings. The summed E-state index contributed by atoms with van der Waals surface area (Å²) in [6, 6.07) is 8.08. The van der Waals surface area contributed by atoms with E-state index in [-0.39, 0.29) is 17.9 Å². The third-order valence-electron chi connectivity index (χ3n) is 5.00. The molecule has 0 bridgehead atoms. The number of ether oxygens (including phenoxy) is 1. The normalized spacial score (nSPS) is 17.4. The van der Waals surface area contributed by atoms with Crippen LogP contribution in [0.15, 0.2) is 30.5 Å². The first kappa shape index (κ1) is 18.5. The van der Waals surface area contributed by atoms with Crippen molar-refractivity contribution in [1.29, 1.82) is 0 Å². The largest absolute Gasteiger partial charge is 0.376 e. The minimum atomic E-state index is -1.11. The van der Waals surface area contributed by atoms with Gasteiger partial charge in [-0.3, -0.25) is 9.59 Å². The van der Waals surface area contributed by atoms with E-state index in [9.17, 15) is 9.59 Å². The first-order chi connectivity index (χ1) is 12.5. The monoisotopic (exact) mass is 357 g/mol. The number of aromatic nitrogens is 1. The molecule has 2 aromatic rings. The fourth-order valence-electron chi connectivity index (χ4n) is 3.21. The van der Waals surface area contributed by atoms with Gasteiger partial charge >= 0.3 is 0 Å². The van der Waals surface area contributed by atoms with Crippen LogP contribution >= 0.6 is 0 Å². The van der Waals surface area contributed by atoms with Gasteiger partial charge < -0.3 is 20.4 Å². The molecule has 6 nitrogen and oxygen atoms in total. The number of H-pyrrole nitrogens is 1. The van der Waals surface area contributed by atoms with Crippen LogP contribution in [0.1, 0.15) is 32.3 Å². The summed E-state index contributed by atoms with van der Waals surface area (Å²) in [5, 5.41) is 6.90.